The van der Waals surface area contributed by atoms with Crippen LogP contribution in [0, 0.1) is 0 Å². The minimum Gasteiger partial charge on any atom is -0.453 e. The standard InChI is InChI=1S/C19H17Cl2NO4/c1-11(22-18(24)15-5-3-4-6-16(15)21)19(25)26-12(2)17(23)13-7-9-14(20)10-8-13/h3-12H,1-2H3,(H,22,24)/t11-,12?/m0/s1. The third-order valence-corrected chi connectivity index (χ3v) is 4.19. The SMILES string of the molecule is CC(OC(=O)[C@H](C)NC(=O)c1ccccc1Cl)C(=O)c1ccc(Cl)cc1. The summed E-state index contributed by atoms with van der Waals surface area (Å²) in [6.45, 7) is 2.94. The number of carbonyl (C=O) groups is 3. The van der Waals surface area contributed by atoms with Crippen LogP contribution in [0.5, 0.6) is 0 Å². The summed E-state index contributed by atoms with van der Waals surface area (Å²) in [6.07, 6.45) is -0.997. The second kappa shape index (κ2) is 8.83. The van der Waals surface area contributed by atoms with Gasteiger partial charge in [0.25, 0.3) is 5.91 Å². The smallest absolute Gasteiger partial charge is 0.329 e. The van der Waals surface area contributed by atoms with Crippen LogP contribution in [0.3, 0.4) is 0 Å². The number of rotatable bonds is 6. The number of benzene rings is 2. The summed E-state index contributed by atoms with van der Waals surface area (Å²) in [5.74, 6) is -1.59. The van der Waals surface area contributed by atoms with Crippen molar-refractivity contribution < 1.29 is 19.1 Å². The molecule has 0 aliphatic heterocycles. The van der Waals surface area contributed by atoms with Gasteiger partial charge >= 0.3 is 5.97 Å². The average Bonchev–Trinajstić information content (AvgIpc) is 2.61. The maximum absolute atomic E-state index is 12.3. The largest absolute Gasteiger partial charge is 0.453 e. The van der Waals surface area contributed by atoms with Crippen LogP contribution in [0.4, 0.5) is 0 Å². The molecule has 1 amide bonds. The summed E-state index contributed by atoms with van der Waals surface area (Å²) in [5, 5.41) is 3.28. The maximum atomic E-state index is 12.3. The van der Waals surface area contributed by atoms with Gasteiger partial charge in [-0.05, 0) is 50.2 Å². The van der Waals surface area contributed by atoms with Crippen molar-refractivity contribution >= 4 is 40.9 Å². The van der Waals surface area contributed by atoms with Crippen LogP contribution >= 0.6 is 23.2 Å². The molecule has 2 aromatic rings. The fourth-order valence-electron chi connectivity index (χ4n) is 2.16. The van der Waals surface area contributed by atoms with E-state index in [2.05, 4.69) is 5.32 Å². The lowest BCUT2D eigenvalue weighted by molar-refractivity contribution is -0.148. The second-order valence-electron chi connectivity index (χ2n) is 5.63. The van der Waals surface area contributed by atoms with Gasteiger partial charge in [-0.2, -0.15) is 0 Å². The normalized spacial score (nSPS) is 12.8. The van der Waals surface area contributed by atoms with E-state index in [1.54, 1.807) is 48.5 Å². The first kappa shape index (κ1) is 19.9. The third kappa shape index (κ3) is 5.07. The van der Waals surface area contributed by atoms with Gasteiger partial charge in [-0.3, -0.25) is 9.59 Å². The van der Waals surface area contributed by atoms with Crippen molar-refractivity contribution in [3.8, 4) is 0 Å². The van der Waals surface area contributed by atoms with E-state index in [1.165, 1.54) is 13.8 Å². The monoisotopic (exact) mass is 393 g/mol. The molecular formula is C19H17Cl2NO4. The summed E-state index contributed by atoms with van der Waals surface area (Å²) >= 11 is 11.7. The Morgan fingerprint density at radius 2 is 1.58 bits per heavy atom. The van der Waals surface area contributed by atoms with Crippen LogP contribution < -0.4 is 5.32 Å². The molecule has 1 N–H and O–H groups in total. The molecule has 0 bridgehead atoms. The first-order chi connectivity index (χ1) is 12.3. The van der Waals surface area contributed by atoms with E-state index < -0.39 is 24.0 Å². The number of ketones is 1. The molecule has 2 aromatic carbocycles. The number of Topliss-reactive ketones (excluding diaryl/α,β-unsaturated/α-hetero) is 1. The zero-order valence-electron chi connectivity index (χ0n) is 14.2. The van der Waals surface area contributed by atoms with Gasteiger partial charge < -0.3 is 10.1 Å². The van der Waals surface area contributed by atoms with Gasteiger partial charge in [-0.15, -0.1) is 0 Å². The van der Waals surface area contributed by atoms with Gasteiger partial charge in [0, 0.05) is 10.6 Å². The molecule has 0 aliphatic carbocycles. The quantitative estimate of drug-likeness (QED) is 0.595. The molecule has 0 spiro atoms. The van der Waals surface area contributed by atoms with Crippen LogP contribution in [0.15, 0.2) is 48.5 Å². The van der Waals surface area contributed by atoms with E-state index in [0.29, 0.717) is 10.6 Å². The lowest BCUT2D eigenvalue weighted by Crippen LogP contribution is -2.41. The molecule has 5 nitrogen and oxygen atoms in total. The number of nitrogens with one attached hydrogen (secondary N) is 1. The van der Waals surface area contributed by atoms with Crippen molar-refractivity contribution in [3.05, 3.63) is 69.7 Å². The van der Waals surface area contributed by atoms with E-state index >= 15 is 0 Å². The highest BCUT2D eigenvalue weighted by molar-refractivity contribution is 6.33. The Balaban J connectivity index is 1.95. The molecule has 26 heavy (non-hydrogen) atoms. The van der Waals surface area contributed by atoms with Gasteiger partial charge in [0.2, 0.25) is 5.78 Å². The Morgan fingerprint density at radius 3 is 2.19 bits per heavy atom. The van der Waals surface area contributed by atoms with Crippen LogP contribution in [-0.4, -0.2) is 29.8 Å². The predicted molar refractivity (Wildman–Crippen MR) is 99.7 cm³/mol. The van der Waals surface area contributed by atoms with Crippen molar-refractivity contribution in [2.45, 2.75) is 26.0 Å². The van der Waals surface area contributed by atoms with Gasteiger partial charge in [0.1, 0.15) is 6.04 Å². The third-order valence-electron chi connectivity index (χ3n) is 3.61. The van der Waals surface area contributed by atoms with Gasteiger partial charge in [0.05, 0.1) is 10.6 Å². The Kier molecular flexibility index (Phi) is 6.77. The summed E-state index contributed by atoms with van der Waals surface area (Å²) in [4.78, 5) is 36.6. The summed E-state index contributed by atoms with van der Waals surface area (Å²) in [5.41, 5.74) is 0.626. The van der Waals surface area contributed by atoms with E-state index in [4.69, 9.17) is 27.9 Å². The number of halogens is 2. The van der Waals surface area contributed by atoms with E-state index in [0.717, 1.165) is 0 Å². The van der Waals surface area contributed by atoms with Crippen molar-refractivity contribution in [1.82, 2.24) is 5.32 Å². The first-order valence-corrected chi connectivity index (χ1v) is 8.61. The highest BCUT2D eigenvalue weighted by Gasteiger charge is 2.24. The number of hydrogen-bond acceptors (Lipinski definition) is 4. The maximum Gasteiger partial charge on any atom is 0.329 e. The minimum absolute atomic E-state index is 0.249. The van der Waals surface area contributed by atoms with Crippen molar-refractivity contribution in [1.29, 1.82) is 0 Å². The summed E-state index contributed by atoms with van der Waals surface area (Å²) in [7, 11) is 0. The molecule has 2 atom stereocenters. The fourth-order valence-corrected chi connectivity index (χ4v) is 2.50. The highest BCUT2D eigenvalue weighted by atomic mass is 35.5. The molecular weight excluding hydrogens is 377 g/mol. The molecule has 136 valence electrons. The number of carbonyl (C=O) groups excluding carboxylic acids is 3. The lowest BCUT2D eigenvalue weighted by atomic mass is 10.1. The molecule has 0 fully saturated rings. The molecule has 0 saturated carbocycles. The van der Waals surface area contributed by atoms with Crippen LogP contribution in [0.2, 0.25) is 10.0 Å². The molecule has 0 radical (unpaired) electrons. The number of ether oxygens (including phenoxy) is 1. The molecule has 0 saturated heterocycles. The van der Waals surface area contributed by atoms with E-state index in [-0.39, 0.29) is 16.4 Å². The molecule has 1 unspecified atom stereocenters. The zero-order valence-corrected chi connectivity index (χ0v) is 15.7. The van der Waals surface area contributed by atoms with Gasteiger partial charge in [0.15, 0.2) is 6.10 Å². The average molecular weight is 394 g/mol. The van der Waals surface area contributed by atoms with Crippen molar-refractivity contribution in [2.24, 2.45) is 0 Å². The zero-order chi connectivity index (χ0) is 19.3. The van der Waals surface area contributed by atoms with E-state index in [9.17, 15) is 14.4 Å². The number of hydrogen-bond donors (Lipinski definition) is 1. The van der Waals surface area contributed by atoms with E-state index in [1.807, 2.05) is 0 Å². The lowest BCUT2D eigenvalue weighted by Gasteiger charge is -2.17. The Morgan fingerprint density at radius 1 is 0.962 bits per heavy atom. The van der Waals surface area contributed by atoms with Gasteiger partial charge in [-0.1, -0.05) is 35.3 Å². The molecule has 7 heteroatoms. The fraction of sp³-hybridized carbons (Fsp3) is 0.211. The Hall–Kier alpha value is -2.37. The van der Waals surface area contributed by atoms with Gasteiger partial charge in [-0.25, -0.2) is 4.79 Å². The van der Waals surface area contributed by atoms with Crippen LogP contribution in [-0.2, 0) is 9.53 Å². The van der Waals surface area contributed by atoms with Crippen LogP contribution in [0.25, 0.3) is 0 Å². The summed E-state index contributed by atoms with van der Waals surface area (Å²) < 4.78 is 5.16. The topological polar surface area (TPSA) is 72.5 Å². The highest BCUT2D eigenvalue weighted by Crippen LogP contribution is 2.15. The Labute approximate surface area is 161 Å². The van der Waals surface area contributed by atoms with Crippen LogP contribution in [0.1, 0.15) is 34.6 Å². The number of esters is 1. The molecule has 0 aliphatic rings. The van der Waals surface area contributed by atoms with Crippen molar-refractivity contribution in [2.75, 3.05) is 0 Å². The predicted octanol–water partition coefficient (Wildman–Crippen LogP) is 3.93. The minimum atomic E-state index is -0.997. The number of amides is 1. The molecule has 2 rings (SSSR count). The molecule has 0 aromatic heterocycles. The molecule has 0 heterocycles. The first-order valence-electron chi connectivity index (χ1n) is 7.85. The van der Waals surface area contributed by atoms with Crippen molar-refractivity contribution in [3.63, 3.8) is 0 Å². The Bertz CT molecular complexity index is 821. The second-order valence-corrected chi connectivity index (χ2v) is 6.47. The summed E-state index contributed by atoms with van der Waals surface area (Å²) in [6, 6.07) is 11.8.